The first-order valence-corrected chi connectivity index (χ1v) is 8.60. The summed E-state index contributed by atoms with van der Waals surface area (Å²) in [6.45, 7) is 0.959. The van der Waals surface area contributed by atoms with Crippen molar-refractivity contribution in [2.24, 2.45) is 0 Å². The van der Waals surface area contributed by atoms with Crippen LogP contribution in [0.3, 0.4) is 0 Å². The van der Waals surface area contributed by atoms with Gasteiger partial charge in [0.25, 0.3) is 0 Å². The molecule has 0 bridgehead atoms. The van der Waals surface area contributed by atoms with Crippen molar-refractivity contribution in [3.8, 4) is 22.7 Å². The molecule has 5 heteroatoms. The topological polar surface area (TPSA) is 39.1 Å². The van der Waals surface area contributed by atoms with E-state index in [-0.39, 0.29) is 0 Å². The molecule has 0 saturated carbocycles. The summed E-state index contributed by atoms with van der Waals surface area (Å²) in [5.41, 5.74) is 4.57. The molecule has 1 aliphatic heterocycles. The summed E-state index contributed by atoms with van der Waals surface area (Å²) < 4.78 is 8.46. The standard InChI is InChI=1S/C18H16IN3O/c1-23-15-7-5-14(6-8-15)22-18-16(9-10-20-18)17(21-22)12-3-2-4-13(19)11-12/h2-8,11,20H,9-10H2,1H3. The van der Waals surface area contributed by atoms with Crippen molar-refractivity contribution in [1.82, 2.24) is 9.78 Å². The average Bonchev–Trinajstić information content (AvgIpc) is 3.17. The molecule has 1 aliphatic rings. The van der Waals surface area contributed by atoms with Crippen LogP contribution in [0.4, 0.5) is 5.82 Å². The van der Waals surface area contributed by atoms with Crippen LogP contribution in [0.25, 0.3) is 16.9 Å². The molecule has 0 radical (unpaired) electrons. The fraction of sp³-hybridized carbons (Fsp3) is 0.167. The Kier molecular flexibility index (Phi) is 3.72. The van der Waals surface area contributed by atoms with Crippen LogP contribution in [0.2, 0.25) is 0 Å². The smallest absolute Gasteiger partial charge is 0.133 e. The Balaban J connectivity index is 1.84. The van der Waals surface area contributed by atoms with E-state index in [4.69, 9.17) is 9.84 Å². The molecule has 0 spiro atoms. The van der Waals surface area contributed by atoms with Crippen LogP contribution in [-0.4, -0.2) is 23.4 Å². The van der Waals surface area contributed by atoms with E-state index in [0.717, 1.165) is 35.9 Å². The van der Waals surface area contributed by atoms with E-state index in [0.29, 0.717) is 0 Å². The van der Waals surface area contributed by atoms with Gasteiger partial charge < -0.3 is 10.1 Å². The zero-order chi connectivity index (χ0) is 15.8. The van der Waals surface area contributed by atoms with Gasteiger partial charge in [0.1, 0.15) is 11.6 Å². The molecular weight excluding hydrogens is 401 g/mol. The first kappa shape index (κ1) is 14.6. The van der Waals surface area contributed by atoms with E-state index < -0.39 is 0 Å². The SMILES string of the molecule is COc1ccc(-n2nc(-c3cccc(I)c3)c3c2NCC3)cc1. The Morgan fingerprint density at radius 3 is 2.74 bits per heavy atom. The lowest BCUT2D eigenvalue weighted by Gasteiger charge is -2.07. The van der Waals surface area contributed by atoms with Gasteiger partial charge in [0.2, 0.25) is 0 Å². The van der Waals surface area contributed by atoms with Crippen molar-refractivity contribution in [3.63, 3.8) is 0 Å². The fourth-order valence-electron chi connectivity index (χ4n) is 2.95. The number of aromatic nitrogens is 2. The number of nitrogens with one attached hydrogen (secondary N) is 1. The number of fused-ring (bicyclic) bond motifs is 1. The third kappa shape index (κ3) is 2.59. The van der Waals surface area contributed by atoms with Gasteiger partial charge in [0.05, 0.1) is 18.5 Å². The highest BCUT2D eigenvalue weighted by molar-refractivity contribution is 14.1. The lowest BCUT2D eigenvalue weighted by atomic mass is 10.1. The molecule has 0 saturated heterocycles. The first-order chi connectivity index (χ1) is 11.3. The van der Waals surface area contributed by atoms with Crippen LogP contribution in [-0.2, 0) is 6.42 Å². The Morgan fingerprint density at radius 2 is 2.00 bits per heavy atom. The summed E-state index contributed by atoms with van der Waals surface area (Å²) in [4.78, 5) is 0. The number of halogens is 1. The van der Waals surface area contributed by atoms with Gasteiger partial charge in [-0.1, -0.05) is 12.1 Å². The average molecular weight is 417 g/mol. The lowest BCUT2D eigenvalue weighted by Crippen LogP contribution is -2.04. The number of hydrogen-bond acceptors (Lipinski definition) is 3. The zero-order valence-corrected chi connectivity index (χ0v) is 14.9. The van der Waals surface area contributed by atoms with Crippen LogP contribution >= 0.6 is 22.6 Å². The monoisotopic (exact) mass is 417 g/mol. The van der Waals surface area contributed by atoms with Gasteiger partial charge in [-0.3, -0.25) is 0 Å². The molecule has 2 heterocycles. The molecule has 0 amide bonds. The molecule has 4 nitrogen and oxygen atoms in total. The van der Waals surface area contributed by atoms with E-state index in [1.807, 2.05) is 28.9 Å². The van der Waals surface area contributed by atoms with E-state index in [1.54, 1.807) is 7.11 Å². The van der Waals surface area contributed by atoms with Gasteiger partial charge in [-0.2, -0.15) is 5.10 Å². The molecule has 1 N–H and O–H groups in total. The summed E-state index contributed by atoms with van der Waals surface area (Å²) >= 11 is 2.34. The molecule has 0 aliphatic carbocycles. The minimum absolute atomic E-state index is 0.850. The molecule has 0 unspecified atom stereocenters. The lowest BCUT2D eigenvalue weighted by molar-refractivity contribution is 0.414. The highest BCUT2D eigenvalue weighted by Gasteiger charge is 2.23. The van der Waals surface area contributed by atoms with Crippen LogP contribution in [0.15, 0.2) is 48.5 Å². The van der Waals surface area contributed by atoms with Gasteiger partial charge in [-0.25, -0.2) is 4.68 Å². The Labute approximate surface area is 148 Å². The van der Waals surface area contributed by atoms with Gasteiger partial charge in [0.15, 0.2) is 0 Å². The van der Waals surface area contributed by atoms with Gasteiger partial charge >= 0.3 is 0 Å². The molecule has 23 heavy (non-hydrogen) atoms. The largest absolute Gasteiger partial charge is 0.497 e. The predicted octanol–water partition coefficient (Wildman–Crippen LogP) is 4.12. The summed E-state index contributed by atoms with van der Waals surface area (Å²) in [6.07, 6.45) is 1.01. The van der Waals surface area contributed by atoms with Crippen molar-refractivity contribution in [3.05, 3.63) is 57.7 Å². The molecule has 0 atom stereocenters. The van der Waals surface area contributed by atoms with Gasteiger partial charge in [-0.15, -0.1) is 0 Å². The number of ether oxygens (including phenoxy) is 1. The van der Waals surface area contributed by atoms with Crippen molar-refractivity contribution < 1.29 is 4.74 Å². The second-order valence-corrected chi connectivity index (χ2v) is 6.72. The van der Waals surface area contributed by atoms with Crippen LogP contribution < -0.4 is 10.1 Å². The van der Waals surface area contributed by atoms with Crippen LogP contribution in [0.5, 0.6) is 5.75 Å². The maximum absolute atomic E-state index is 5.24. The number of anilines is 1. The highest BCUT2D eigenvalue weighted by Crippen LogP contribution is 2.35. The van der Waals surface area contributed by atoms with E-state index in [9.17, 15) is 0 Å². The molecule has 0 fully saturated rings. The van der Waals surface area contributed by atoms with Gasteiger partial charge in [0, 0.05) is 21.2 Å². The number of rotatable bonds is 3. The molecular formula is C18H16IN3O. The molecule has 4 rings (SSSR count). The summed E-state index contributed by atoms with van der Waals surface area (Å²) in [6, 6.07) is 16.5. The Morgan fingerprint density at radius 1 is 1.17 bits per heavy atom. The molecule has 3 aromatic rings. The maximum Gasteiger partial charge on any atom is 0.133 e. The molecule has 2 aromatic carbocycles. The third-order valence-electron chi connectivity index (χ3n) is 4.07. The number of benzene rings is 2. The minimum Gasteiger partial charge on any atom is -0.497 e. The summed E-state index contributed by atoms with van der Waals surface area (Å²) in [5, 5.41) is 8.35. The number of methoxy groups -OCH3 is 1. The van der Waals surface area contributed by atoms with Gasteiger partial charge in [-0.05, 0) is 65.4 Å². The second kappa shape index (κ2) is 5.88. The van der Waals surface area contributed by atoms with Crippen molar-refractivity contribution in [2.45, 2.75) is 6.42 Å². The number of nitrogens with zero attached hydrogens (tertiary/aromatic N) is 2. The minimum atomic E-state index is 0.850. The summed E-state index contributed by atoms with van der Waals surface area (Å²) in [5.74, 6) is 1.95. The maximum atomic E-state index is 5.24. The Bertz CT molecular complexity index is 855. The highest BCUT2D eigenvalue weighted by atomic mass is 127. The van der Waals surface area contributed by atoms with Crippen LogP contribution in [0.1, 0.15) is 5.56 Å². The Hall–Kier alpha value is -2.02. The number of hydrogen-bond donors (Lipinski definition) is 1. The third-order valence-corrected chi connectivity index (χ3v) is 4.74. The zero-order valence-electron chi connectivity index (χ0n) is 12.7. The second-order valence-electron chi connectivity index (χ2n) is 5.47. The van der Waals surface area contributed by atoms with Crippen molar-refractivity contribution >= 4 is 28.4 Å². The normalized spacial score (nSPS) is 12.8. The fourth-order valence-corrected chi connectivity index (χ4v) is 3.50. The van der Waals surface area contributed by atoms with Crippen molar-refractivity contribution in [1.29, 1.82) is 0 Å². The van der Waals surface area contributed by atoms with Crippen LogP contribution in [0, 0.1) is 3.57 Å². The summed E-state index contributed by atoms with van der Waals surface area (Å²) in [7, 11) is 1.68. The first-order valence-electron chi connectivity index (χ1n) is 7.52. The van der Waals surface area contributed by atoms with E-state index in [1.165, 1.54) is 14.7 Å². The molecule has 116 valence electrons. The van der Waals surface area contributed by atoms with Crippen molar-refractivity contribution in [2.75, 3.05) is 19.0 Å². The quantitative estimate of drug-likeness (QED) is 0.652. The predicted molar refractivity (Wildman–Crippen MR) is 100 cm³/mol. The molecule has 1 aromatic heterocycles. The van der Waals surface area contributed by atoms with E-state index in [2.05, 4.69) is 52.2 Å². The van der Waals surface area contributed by atoms with E-state index >= 15 is 0 Å².